The predicted molar refractivity (Wildman–Crippen MR) is 102 cm³/mol. The zero-order chi connectivity index (χ0) is 18.5. The number of Topliss-reactive ketones (excluding diaryl/α,β-unsaturated/α-hetero) is 1. The van der Waals surface area contributed by atoms with Crippen molar-refractivity contribution in [1.29, 1.82) is 0 Å². The molecule has 0 saturated carbocycles. The molecule has 0 bridgehead atoms. The summed E-state index contributed by atoms with van der Waals surface area (Å²) in [5, 5.41) is 2.98. The molecule has 136 valence electrons. The third-order valence-electron chi connectivity index (χ3n) is 4.88. The molecule has 3 rings (SSSR count). The van der Waals surface area contributed by atoms with Gasteiger partial charge in [0.25, 0.3) is 5.91 Å². The maximum absolute atomic E-state index is 12.2. The molecule has 0 spiro atoms. The highest BCUT2D eigenvalue weighted by molar-refractivity contribution is 5.94. The zero-order valence-corrected chi connectivity index (χ0v) is 15.4. The van der Waals surface area contributed by atoms with Crippen molar-refractivity contribution in [3.05, 3.63) is 64.7 Å². The summed E-state index contributed by atoms with van der Waals surface area (Å²) in [6, 6.07) is 13.3. The van der Waals surface area contributed by atoms with Crippen LogP contribution in [0.2, 0.25) is 0 Å². The molecule has 0 fully saturated rings. The summed E-state index contributed by atoms with van der Waals surface area (Å²) in [7, 11) is 0. The highest BCUT2D eigenvalue weighted by atomic mass is 16.5. The second kappa shape index (κ2) is 8.17. The predicted octanol–water partition coefficient (Wildman–Crippen LogP) is 4.02. The van der Waals surface area contributed by atoms with Crippen molar-refractivity contribution in [2.24, 2.45) is 0 Å². The summed E-state index contributed by atoms with van der Waals surface area (Å²) in [6.07, 6.45) is 4.80. The standard InChI is InChI=1S/C22H25NO3/c1-15(19-8-7-18-5-3-4-6-20(18)13-19)23-22(25)14-26-21-11-9-17(10-12-21)16(2)24/h7-13,15H,3-6,14H2,1-2H3,(H,23,25). The van der Waals surface area contributed by atoms with Crippen LogP contribution in [-0.2, 0) is 17.6 Å². The number of benzene rings is 2. The van der Waals surface area contributed by atoms with E-state index in [4.69, 9.17) is 4.74 Å². The normalized spacial score (nSPS) is 14.2. The summed E-state index contributed by atoms with van der Waals surface area (Å²) >= 11 is 0. The third kappa shape index (κ3) is 4.51. The Morgan fingerprint density at radius 1 is 1.04 bits per heavy atom. The fraction of sp³-hybridized carbons (Fsp3) is 0.364. The van der Waals surface area contributed by atoms with E-state index in [1.165, 1.54) is 30.9 Å². The minimum absolute atomic E-state index is 0.00756. The van der Waals surface area contributed by atoms with Crippen LogP contribution in [0.5, 0.6) is 5.75 Å². The van der Waals surface area contributed by atoms with Gasteiger partial charge in [0.1, 0.15) is 5.75 Å². The molecule has 2 aromatic rings. The van der Waals surface area contributed by atoms with Gasteiger partial charge in [0.05, 0.1) is 6.04 Å². The lowest BCUT2D eigenvalue weighted by Crippen LogP contribution is -2.31. The van der Waals surface area contributed by atoms with Crippen molar-refractivity contribution in [3.63, 3.8) is 0 Å². The van der Waals surface area contributed by atoms with Crippen molar-refractivity contribution in [1.82, 2.24) is 5.32 Å². The number of carbonyl (C=O) groups is 2. The molecule has 1 aliphatic carbocycles. The van der Waals surface area contributed by atoms with Crippen LogP contribution in [0.15, 0.2) is 42.5 Å². The molecule has 1 N–H and O–H groups in total. The Labute approximate surface area is 154 Å². The maximum atomic E-state index is 12.2. The van der Waals surface area contributed by atoms with E-state index in [1.807, 2.05) is 6.92 Å². The first kappa shape index (κ1) is 18.2. The van der Waals surface area contributed by atoms with Gasteiger partial charge in [-0.3, -0.25) is 9.59 Å². The summed E-state index contributed by atoms with van der Waals surface area (Å²) in [4.78, 5) is 23.4. The largest absolute Gasteiger partial charge is 0.484 e. The monoisotopic (exact) mass is 351 g/mol. The van der Waals surface area contributed by atoms with E-state index in [0.717, 1.165) is 18.4 Å². The van der Waals surface area contributed by atoms with E-state index < -0.39 is 0 Å². The molecule has 1 atom stereocenters. The Balaban J connectivity index is 1.53. The number of nitrogens with one attached hydrogen (secondary N) is 1. The first-order chi connectivity index (χ1) is 12.5. The van der Waals surface area contributed by atoms with Gasteiger partial charge in [-0.05, 0) is 80.5 Å². The quantitative estimate of drug-likeness (QED) is 0.800. The lowest BCUT2D eigenvalue weighted by Gasteiger charge is -2.20. The third-order valence-corrected chi connectivity index (χ3v) is 4.88. The highest BCUT2D eigenvalue weighted by Gasteiger charge is 2.14. The van der Waals surface area contributed by atoms with Crippen molar-refractivity contribution >= 4 is 11.7 Å². The summed E-state index contributed by atoms with van der Waals surface area (Å²) in [5.41, 5.74) is 4.61. The molecule has 0 radical (unpaired) electrons. The van der Waals surface area contributed by atoms with Crippen LogP contribution in [0.1, 0.15) is 59.8 Å². The van der Waals surface area contributed by atoms with Crippen LogP contribution >= 0.6 is 0 Å². The molecule has 1 unspecified atom stereocenters. The molecule has 0 aliphatic heterocycles. The topological polar surface area (TPSA) is 55.4 Å². The number of ether oxygens (including phenoxy) is 1. The van der Waals surface area contributed by atoms with Gasteiger partial charge in [-0.15, -0.1) is 0 Å². The first-order valence-electron chi connectivity index (χ1n) is 9.18. The molecular weight excluding hydrogens is 326 g/mol. The van der Waals surface area contributed by atoms with E-state index in [0.29, 0.717) is 11.3 Å². The fourth-order valence-electron chi connectivity index (χ4n) is 3.32. The number of carbonyl (C=O) groups excluding carboxylic acids is 2. The van der Waals surface area contributed by atoms with Crippen LogP contribution in [-0.4, -0.2) is 18.3 Å². The number of ketones is 1. The average Bonchev–Trinajstić information content (AvgIpc) is 2.66. The summed E-state index contributed by atoms with van der Waals surface area (Å²) < 4.78 is 5.51. The number of hydrogen-bond acceptors (Lipinski definition) is 3. The summed E-state index contributed by atoms with van der Waals surface area (Å²) in [5.74, 6) is 0.422. The smallest absolute Gasteiger partial charge is 0.258 e. The van der Waals surface area contributed by atoms with Crippen LogP contribution in [0.25, 0.3) is 0 Å². The number of aryl methyl sites for hydroxylation is 2. The van der Waals surface area contributed by atoms with Crippen molar-refractivity contribution in [2.45, 2.75) is 45.6 Å². The molecule has 4 heteroatoms. The minimum Gasteiger partial charge on any atom is -0.484 e. The molecule has 1 amide bonds. The molecule has 2 aromatic carbocycles. The molecule has 4 nitrogen and oxygen atoms in total. The van der Waals surface area contributed by atoms with Gasteiger partial charge in [0.2, 0.25) is 0 Å². The molecule has 26 heavy (non-hydrogen) atoms. The Morgan fingerprint density at radius 3 is 2.42 bits per heavy atom. The van der Waals surface area contributed by atoms with Gasteiger partial charge in [0, 0.05) is 5.56 Å². The SMILES string of the molecule is CC(=O)c1ccc(OCC(=O)NC(C)c2ccc3c(c2)CCCC3)cc1. The Kier molecular flexibility index (Phi) is 5.71. The molecular formula is C22H25NO3. The zero-order valence-electron chi connectivity index (χ0n) is 15.4. The highest BCUT2D eigenvalue weighted by Crippen LogP contribution is 2.24. The molecule has 0 aromatic heterocycles. The van der Waals surface area contributed by atoms with Crippen molar-refractivity contribution in [2.75, 3.05) is 6.61 Å². The number of rotatable bonds is 6. The van der Waals surface area contributed by atoms with Crippen LogP contribution in [0.4, 0.5) is 0 Å². The number of hydrogen-bond donors (Lipinski definition) is 1. The molecule has 0 heterocycles. The van der Waals surface area contributed by atoms with E-state index in [9.17, 15) is 9.59 Å². The summed E-state index contributed by atoms with van der Waals surface area (Å²) in [6.45, 7) is 3.46. The van der Waals surface area contributed by atoms with Crippen molar-refractivity contribution < 1.29 is 14.3 Å². The first-order valence-corrected chi connectivity index (χ1v) is 9.18. The minimum atomic E-state index is -0.161. The van der Waals surface area contributed by atoms with E-state index in [2.05, 4.69) is 23.5 Å². The van der Waals surface area contributed by atoms with Crippen LogP contribution in [0.3, 0.4) is 0 Å². The molecule has 1 aliphatic rings. The average molecular weight is 351 g/mol. The van der Waals surface area contributed by atoms with Gasteiger partial charge < -0.3 is 10.1 Å². The fourth-order valence-corrected chi connectivity index (χ4v) is 3.32. The van der Waals surface area contributed by atoms with E-state index in [1.54, 1.807) is 24.3 Å². The van der Waals surface area contributed by atoms with Crippen LogP contribution < -0.4 is 10.1 Å². The lowest BCUT2D eigenvalue weighted by molar-refractivity contribution is -0.123. The Morgan fingerprint density at radius 2 is 1.73 bits per heavy atom. The molecule has 0 saturated heterocycles. The van der Waals surface area contributed by atoms with Gasteiger partial charge in [-0.2, -0.15) is 0 Å². The second-order valence-corrected chi connectivity index (χ2v) is 6.89. The lowest BCUT2D eigenvalue weighted by atomic mass is 9.89. The van der Waals surface area contributed by atoms with Gasteiger partial charge in [-0.25, -0.2) is 0 Å². The maximum Gasteiger partial charge on any atom is 0.258 e. The van der Waals surface area contributed by atoms with E-state index in [-0.39, 0.29) is 24.3 Å². The van der Waals surface area contributed by atoms with Gasteiger partial charge >= 0.3 is 0 Å². The number of amides is 1. The second-order valence-electron chi connectivity index (χ2n) is 6.89. The van der Waals surface area contributed by atoms with E-state index >= 15 is 0 Å². The Bertz CT molecular complexity index is 796. The van der Waals surface area contributed by atoms with Gasteiger partial charge in [-0.1, -0.05) is 18.2 Å². The Hall–Kier alpha value is -2.62. The van der Waals surface area contributed by atoms with Crippen molar-refractivity contribution in [3.8, 4) is 5.75 Å². The number of fused-ring (bicyclic) bond motifs is 1. The van der Waals surface area contributed by atoms with Gasteiger partial charge in [0.15, 0.2) is 12.4 Å². The van der Waals surface area contributed by atoms with Crippen LogP contribution in [0, 0.1) is 0 Å².